The lowest BCUT2D eigenvalue weighted by molar-refractivity contribution is -0.134. The Morgan fingerprint density at radius 3 is 1.61 bits per heavy atom. The van der Waals surface area contributed by atoms with E-state index in [0.29, 0.717) is 16.7 Å². The van der Waals surface area contributed by atoms with Crippen molar-refractivity contribution in [2.45, 2.75) is 83.5 Å². The van der Waals surface area contributed by atoms with Crippen LogP contribution in [0.4, 0.5) is 0 Å². The van der Waals surface area contributed by atoms with Crippen LogP contribution in [0.25, 0.3) is 0 Å². The van der Waals surface area contributed by atoms with Gasteiger partial charge in [0.1, 0.15) is 57.1 Å². The molecule has 0 spiro atoms. The summed E-state index contributed by atoms with van der Waals surface area (Å²) in [6.45, 7) is 3.36. The van der Waals surface area contributed by atoms with E-state index in [1.54, 1.807) is 13.8 Å². The van der Waals surface area contributed by atoms with E-state index in [1.165, 1.54) is 12.1 Å². The molecule has 4 amide bonds. The number of rotatable bonds is 19. The zero-order valence-electron chi connectivity index (χ0n) is 33.9. The van der Waals surface area contributed by atoms with Gasteiger partial charge in [-0.25, -0.2) is 0 Å². The highest BCUT2D eigenvalue weighted by atomic mass is 16.3. The maximum absolute atomic E-state index is 14.6. The number of primary amides is 1. The van der Waals surface area contributed by atoms with Crippen LogP contribution in [0.5, 0.6) is 5.75 Å². The SMILES string of the molecule is [B]c1c([B])c([B])c(C([B])([B])[C@H](NC(=O)C(NC(=O)[C@H](Cc2c(C)cc(O)cc2C)NC(=O)[C@H](N)CCCN=C(N)N)C([B])([B])C([B])([B])C([B])([B])C([B])([B])N)C(N)=O)c([B])c1[B]. The molecule has 1 unspecified atom stereocenters. The number of benzene rings is 2. The van der Waals surface area contributed by atoms with Crippen LogP contribution in [0.1, 0.15) is 35.1 Å². The number of hydrogen-bond acceptors (Lipinski definition) is 8. The lowest BCUT2D eigenvalue weighted by Gasteiger charge is -2.63. The second-order valence-corrected chi connectivity index (χ2v) is 15.1. The Labute approximate surface area is 377 Å². The Balaban J connectivity index is 2.85. The summed E-state index contributed by atoms with van der Waals surface area (Å²) in [5, 5.41) is 2.58. The lowest BCUT2D eigenvalue weighted by atomic mass is 9.11. The predicted octanol–water partition coefficient (Wildman–Crippen LogP) is -11.7. The number of nitrogens with one attached hydrogen (secondary N) is 3. The van der Waals surface area contributed by atoms with Crippen LogP contribution < -0.4 is 71.9 Å². The highest BCUT2D eigenvalue weighted by molar-refractivity contribution is 6.69. The third-order valence-corrected chi connectivity index (χ3v) is 10.4. The summed E-state index contributed by atoms with van der Waals surface area (Å²) in [5.74, 6) is -5.38. The fourth-order valence-corrected chi connectivity index (χ4v) is 6.35. The number of amides is 4. The number of guanidine groups is 1. The highest BCUT2D eigenvalue weighted by Gasteiger charge is 2.55. The molecule has 0 heterocycles. The van der Waals surface area contributed by atoms with Crippen LogP contribution in [0.3, 0.4) is 0 Å². The van der Waals surface area contributed by atoms with E-state index in [4.69, 9.17) is 146 Å². The van der Waals surface area contributed by atoms with Gasteiger partial charge in [0.25, 0.3) is 0 Å². The largest absolute Gasteiger partial charge is 0.508 e. The number of hydrogen-bond donors (Lipinski definition) is 9. The van der Waals surface area contributed by atoms with Gasteiger partial charge in [0.05, 0.1) is 90.5 Å². The van der Waals surface area contributed by atoms with Crippen molar-refractivity contribution in [1.29, 1.82) is 0 Å². The molecule has 30 radical (unpaired) electrons. The molecule has 2 rings (SSSR count). The number of carbonyl (C=O) groups is 4. The number of aromatic hydroxyl groups is 1. The van der Waals surface area contributed by atoms with E-state index in [9.17, 15) is 24.3 Å². The summed E-state index contributed by atoms with van der Waals surface area (Å²) in [5.41, 5.74) is 27.4. The van der Waals surface area contributed by atoms with E-state index in [2.05, 4.69) is 20.9 Å². The first-order valence-corrected chi connectivity index (χ1v) is 18.1. The molecule has 0 fully saturated rings. The van der Waals surface area contributed by atoms with E-state index in [0.717, 1.165) is 0 Å². The Morgan fingerprint density at radius 1 is 0.705 bits per heavy atom. The van der Waals surface area contributed by atoms with Gasteiger partial charge in [-0.2, -0.15) is 0 Å². The molecule has 2 aromatic rings. The summed E-state index contributed by atoms with van der Waals surface area (Å²) in [6, 6.07) is -4.86. The molecule has 0 saturated heterocycles. The fraction of sp³-hybridized carbons (Fsp3) is 0.469. The van der Waals surface area contributed by atoms with Gasteiger partial charge in [-0.3, -0.25) is 24.2 Å². The third-order valence-electron chi connectivity index (χ3n) is 10.4. The van der Waals surface area contributed by atoms with E-state index < -0.39 is 90.5 Å². The highest BCUT2D eigenvalue weighted by Crippen LogP contribution is 2.60. The number of aliphatic imine (C=N–C) groups is 1. The van der Waals surface area contributed by atoms with Crippen molar-refractivity contribution in [3.63, 3.8) is 0 Å². The Hall–Kier alpha value is -3.72. The second-order valence-electron chi connectivity index (χ2n) is 15.1. The average molecular weight is 787 g/mol. The van der Waals surface area contributed by atoms with Gasteiger partial charge in [-0.1, -0.05) is 16.1 Å². The number of aryl methyl sites for hydroxylation is 2. The van der Waals surface area contributed by atoms with Crippen LogP contribution >= 0.6 is 0 Å². The molecule has 0 aliphatic heterocycles. The van der Waals surface area contributed by atoms with Gasteiger partial charge in [0.15, 0.2) is 5.96 Å². The van der Waals surface area contributed by atoms with Gasteiger partial charge in [-0.05, 0) is 60.7 Å². The normalized spacial score (nSPS) is 14.4. The molecule has 282 valence electrons. The monoisotopic (exact) mass is 789 g/mol. The number of phenols is 1. The van der Waals surface area contributed by atoms with Crippen molar-refractivity contribution in [2.24, 2.45) is 33.7 Å². The first-order valence-electron chi connectivity index (χ1n) is 18.1. The molecule has 0 aliphatic rings. The van der Waals surface area contributed by atoms with Crippen molar-refractivity contribution in [2.75, 3.05) is 6.54 Å². The zero-order valence-corrected chi connectivity index (χ0v) is 33.9. The minimum Gasteiger partial charge on any atom is -0.508 e. The van der Waals surface area contributed by atoms with Gasteiger partial charge >= 0.3 is 0 Å². The Kier molecular flexibility index (Phi) is 17.3. The summed E-state index contributed by atoms with van der Waals surface area (Å²) >= 11 is 0. The summed E-state index contributed by atoms with van der Waals surface area (Å²) in [4.78, 5) is 59.5. The number of phenolic OH excluding ortho intramolecular Hbond substituents is 1. The minimum atomic E-state index is -3.12. The fourth-order valence-electron chi connectivity index (χ4n) is 6.35. The molecule has 4 atom stereocenters. The van der Waals surface area contributed by atoms with Crippen molar-refractivity contribution in [3.05, 3.63) is 34.4 Å². The zero-order chi connectivity index (χ0) is 47.5. The van der Waals surface area contributed by atoms with Gasteiger partial charge in [0, 0.05) is 13.0 Å². The molecule has 14 nitrogen and oxygen atoms in total. The van der Waals surface area contributed by atoms with E-state index in [-0.39, 0.29) is 53.9 Å². The van der Waals surface area contributed by atoms with Crippen molar-refractivity contribution < 1.29 is 24.3 Å². The molecule has 14 N–H and O–H groups in total. The molecule has 29 heteroatoms. The topological polar surface area (TPSA) is 267 Å². The molecular weight excluding hydrogens is 753 g/mol. The van der Waals surface area contributed by atoms with E-state index in [1.807, 2.05) is 0 Å². The Bertz CT molecular complexity index is 2000. The van der Waals surface area contributed by atoms with Crippen molar-refractivity contribution in [1.82, 2.24) is 16.0 Å². The van der Waals surface area contributed by atoms with E-state index >= 15 is 0 Å². The van der Waals surface area contributed by atoms with Crippen molar-refractivity contribution in [3.8, 4) is 5.75 Å². The smallest absolute Gasteiger partial charge is 0.243 e. The first kappa shape index (κ1) is 53.4. The third kappa shape index (κ3) is 11.5. The number of nitrogens with two attached hydrogens (primary N) is 5. The van der Waals surface area contributed by atoms with Crippen LogP contribution in [-0.2, 0) is 30.8 Å². The van der Waals surface area contributed by atoms with Gasteiger partial charge < -0.3 is 49.7 Å². The molecule has 0 saturated carbocycles. The molecule has 0 aliphatic carbocycles. The van der Waals surface area contributed by atoms with Gasteiger partial charge in [-0.15, -0.1) is 37.7 Å². The number of carbonyl (C=O) groups excluding carboxylic acids is 4. The maximum atomic E-state index is 14.6. The van der Waals surface area contributed by atoms with Crippen LogP contribution in [0.2, 0.25) is 15.6 Å². The van der Waals surface area contributed by atoms with Gasteiger partial charge in [0.2, 0.25) is 23.6 Å². The van der Waals surface area contributed by atoms with Crippen LogP contribution in [-0.4, -0.2) is 188 Å². The predicted molar refractivity (Wildman–Crippen MR) is 252 cm³/mol. The molecule has 0 bridgehead atoms. The maximum Gasteiger partial charge on any atom is 0.243 e. The minimum absolute atomic E-state index is 0.0414. The average Bonchev–Trinajstić information content (AvgIpc) is 3.12. The summed E-state index contributed by atoms with van der Waals surface area (Å²) in [6.07, 6.45) is -0.0303. The molecular formula is C32H34B15N9O5. The lowest BCUT2D eigenvalue weighted by Crippen LogP contribution is -2.70. The summed E-state index contributed by atoms with van der Waals surface area (Å²) < 4.78 is 0. The number of nitrogens with zero attached hydrogens (tertiary/aromatic N) is 1. The standard InChI is InChI=1S/C32H34B15N9O5/c1-9-6-11(57)7-10(2)12(9)8-14(54-24(59)13(48)4-3-5-53-27(50)51)25(60)56-22(29(40,41)30(42,43)31(44,45)32(46,47)52)26(61)55-21(23(49)58)28(38,39)15-16(33)18(35)20(37)19(36)17(15)34/h6-7,13-14,21-22,57H,3-5,8,48,52H2,1-2H3,(H2,49,58)(H,54,59)(H,55,61)(H,56,60)(H4,50,51,53)/t13-,14+,21-,22?/m1/s1. The van der Waals surface area contributed by atoms with Crippen molar-refractivity contribution >= 4 is 175 Å². The second kappa shape index (κ2) is 19.8. The van der Waals surface area contributed by atoms with Crippen LogP contribution in [0, 0.1) is 13.8 Å². The molecule has 2 aromatic carbocycles. The summed E-state index contributed by atoms with van der Waals surface area (Å²) in [7, 11) is 92.5. The molecule has 0 aromatic heterocycles. The molecule has 61 heavy (non-hydrogen) atoms. The Morgan fingerprint density at radius 2 is 1.16 bits per heavy atom. The quantitative estimate of drug-likeness (QED) is 0.0283. The first-order chi connectivity index (χ1) is 27.6. The van der Waals surface area contributed by atoms with Crippen LogP contribution in [0.15, 0.2) is 17.1 Å².